The van der Waals surface area contributed by atoms with Crippen molar-refractivity contribution >= 4 is 6.09 Å². The van der Waals surface area contributed by atoms with Gasteiger partial charge in [0.25, 0.3) is 5.89 Å². The number of carbonyl (C=O) groups excluding carboxylic acids is 1. The molecule has 164 valence electrons. The number of carbonyl (C=O) groups is 1. The summed E-state index contributed by atoms with van der Waals surface area (Å²) < 4.78 is 18.7. The van der Waals surface area contributed by atoms with Crippen molar-refractivity contribution in [3.8, 4) is 17.1 Å². The minimum Gasteiger partial charge on any atom is -0.444 e. The second kappa shape index (κ2) is 8.89. The van der Waals surface area contributed by atoms with E-state index in [0.717, 1.165) is 24.1 Å². The summed E-state index contributed by atoms with van der Waals surface area (Å²) in [7, 11) is 0. The van der Waals surface area contributed by atoms with Crippen LogP contribution in [0.25, 0.3) is 17.1 Å². The third-order valence-corrected chi connectivity index (χ3v) is 4.91. The molecule has 0 aliphatic carbocycles. The monoisotopic (exact) mass is 425 g/mol. The molecular weight excluding hydrogens is 398 g/mol. The second-order valence-corrected chi connectivity index (χ2v) is 8.51. The van der Waals surface area contributed by atoms with Crippen molar-refractivity contribution in [1.82, 2.24) is 24.6 Å². The average molecular weight is 425 g/mol. The minimum atomic E-state index is -0.487. The van der Waals surface area contributed by atoms with Crippen LogP contribution in [0.15, 0.2) is 47.5 Å². The molecule has 1 amide bonds. The van der Waals surface area contributed by atoms with Crippen LogP contribution in [0.3, 0.4) is 0 Å². The minimum absolute atomic E-state index is 0.0465. The molecule has 1 fully saturated rings. The van der Waals surface area contributed by atoms with Crippen LogP contribution in [-0.4, -0.2) is 55.5 Å². The third-order valence-electron chi connectivity index (χ3n) is 4.91. The number of nitrogens with zero attached hydrogens (tertiary/aromatic N) is 5. The van der Waals surface area contributed by atoms with Crippen LogP contribution in [-0.2, 0) is 16.1 Å². The predicted octanol–water partition coefficient (Wildman–Crippen LogP) is 3.84. The first-order valence-electron chi connectivity index (χ1n) is 10.4. The Hall–Kier alpha value is -3.20. The number of amides is 1. The van der Waals surface area contributed by atoms with Crippen molar-refractivity contribution in [1.29, 1.82) is 0 Å². The van der Waals surface area contributed by atoms with Crippen LogP contribution in [0, 0.1) is 0 Å². The van der Waals surface area contributed by atoms with Crippen LogP contribution in [0.2, 0.25) is 0 Å². The molecule has 1 saturated heterocycles. The Morgan fingerprint density at radius 1 is 1.26 bits per heavy atom. The molecule has 3 heterocycles. The summed E-state index contributed by atoms with van der Waals surface area (Å²) in [5, 5.41) is 4.04. The van der Waals surface area contributed by atoms with E-state index in [1.165, 1.54) is 0 Å². The van der Waals surface area contributed by atoms with E-state index in [9.17, 15) is 4.79 Å². The standard InChI is InChI=1S/C22H27N5O4/c1-22(2,3)30-21(28)26-10-7-18(8-11-26)29-14-19-24-20(31-25-19)16-5-4-6-17(13-16)27-12-9-23-15-27/h4-6,9,12-13,15,18H,7-8,10-11,14H2,1-3H3. The van der Waals surface area contributed by atoms with Gasteiger partial charge in [-0.2, -0.15) is 4.98 Å². The number of piperidine rings is 1. The average Bonchev–Trinajstić information content (AvgIpc) is 3.44. The zero-order valence-corrected chi connectivity index (χ0v) is 18.0. The van der Waals surface area contributed by atoms with Gasteiger partial charge in [0, 0.05) is 36.7 Å². The summed E-state index contributed by atoms with van der Waals surface area (Å²) in [6, 6.07) is 7.80. The van der Waals surface area contributed by atoms with Crippen LogP contribution < -0.4 is 0 Å². The number of aromatic nitrogens is 4. The van der Waals surface area contributed by atoms with Crippen molar-refractivity contribution in [2.45, 2.75) is 51.9 Å². The van der Waals surface area contributed by atoms with E-state index in [2.05, 4.69) is 15.1 Å². The van der Waals surface area contributed by atoms with Gasteiger partial charge in [-0.15, -0.1) is 0 Å². The summed E-state index contributed by atoms with van der Waals surface area (Å²) in [5.74, 6) is 0.943. The number of hydrogen-bond donors (Lipinski definition) is 0. The second-order valence-electron chi connectivity index (χ2n) is 8.51. The normalized spacial score (nSPS) is 15.3. The molecule has 0 N–H and O–H groups in total. The van der Waals surface area contributed by atoms with Crippen LogP contribution in [0.1, 0.15) is 39.4 Å². The van der Waals surface area contributed by atoms with Crippen molar-refractivity contribution in [3.63, 3.8) is 0 Å². The highest BCUT2D eigenvalue weighted by molar-refractivity contribution is 5.68. The fourth-order valence-electron chi connectivity index (χ4n) is 3.37. The highest BCUT2D eigenvalue weighted by atomic mass is 16.6. The maximum Gasteiger partial charge on any atom is 0.410 e. The SMILES string of the molecule is CC(C)(C)OC(=O)N1CCC(OCc2noc(-c3cccc(-n4ccnc4)c3)n2)CC1. The van der Waals surface area contributed by atoms with E-state index < -0.39 is 5.60 Å². The first-order valence-corrected chi connectivity index (χ1v) is 10.4. The van der Waals surface area contributed by atoms with Gasteiger partial charge in [0.1, 0.15) is 12.2 Å². The molecule has 0 radical (unpaired) electrons. The molecule has 4 rings (SSSR count). The maximum atomic E-state index is 12.2. The predicted molar refractivity (Wildman–Crippen MR) is 112 cm³/mol. The molecule has 2 aromatic heterocycles. The summed E-state index contributed by atoms with van der Waals surface area (Å²) >= 11 is 0. The number of rotatable bonds is 5. The Kier molecular flexibility index (Phi) is 6.03. The molecule has 9 nitrogen and oxygen atoms in total. The lowest BCUT2D eigenvalue weighted by molar-refractivity contribution is -0.0190. The van der Waals surface area contributed by atoms with E-state index in [1.807, 2.05) is 55.8 Å². The molecule has 1 aliphatic rings. The highest BCUT2D eigenvalue weighted by Crippen LogP contribution is 2.22. The molecule has 0 saturated carbocycles. The summed E-state index contributed by atoms with van der Waals surface area (Å²) in [4.78, 5) is 22.4. The van der Waals surface area contributed by atoms with E-state index in [-0.39, 0.29) is 18.8 Å². The van der Waals surface area contributed by atoms with Gasteiger partial charge in [0.05, 0.1) is 12.4 Å². The zero-order valence-electron chi connectivity index (χ0n) is 18.0. The molecule has 1 aliphatic heterocycles. The number of hydrogen-bond acceptors (Lipinski definition) is 7. The maximum absolute atomic E-state index is 12.2. The van der Waals surface area contributed by atoms with Gasteiger partial charge in [0.2, 0.25) is 0 Å². The van der Waals surface area contributed by atoms with Gasteiger partial charge in [-0.3, -0.25) is 0 Å². The van der Waals surface area contributed by atoms with E-state index in [1.54, 1.807) is 17.4 Å². The summed E-state index contributed by atoms with van der Waals surface area (Å²) in [6.45, 7) is 7.09. The first-order chi connectivity index (χ1) is 14.9. The number of likely N-dealkylation sites (tertiary alicyclic amines) is 1. The molecule has 9 heteroatoms. The van der Waals surface area contributed by atoms with E-state index in [0.29, 0.717) is 24.8 Å². The van der Waals surface area contributed by atoms with Crippen LogP contribution in [0.5, 0.6) is 0 Å². The highest BCUT2D eigenvalue weighted by Gasteiger charge is 2.27. The van der Waals surface area contributed by atoms with Crippen molar-refractivity contribution in [3.05, 3.63) is 48.8 Å². The van der Waals surface area contributed by atoms with E-state index in [4.69, 9.17) is 14.0 Å². The van der Waals surface area contributed by atoms with Gasteiger partial charge >= 0.3 is 6.09 Å². The molecule has 31 heavy (non-hydrogen) atoms. The largest absolute Gasteiger partial charge is 0.444 e. The summed E-state index contributed by atoms with van der Waals surface area (Å²) in [5.41, 5.74) is 1.30. The summed E-state index contributed by atoms with van der Waals surface area (Å²) in [6.07, 6.45) is 6.61. The lowest BCUT2D eigenvalue weighted by Gasteiger charge is -2.33. The Balaban J connectivity index is 1.29. The van der Waals surface area contributed by atoms with E-state index >= 15 is 0 Å². The van der Waals surface area contributed by atoms with Crippen LogP contribution in [0.4, 0.5) is 4.79 Å². The quantitative estimate of drug-likeness (QED) is 0.613. The third kappa shape index (κ3) is 5.49. The lowest BCUT2D eigenvalue weighted by Crippen LogP contribution is -2.43. The van der Waals surface area contributed by atoms with Crippen molar-refractivity contribution < 1.29 is 18.8 Å². The van der Waals surface area contributed by atoms with Gasteiger partial charge < -0.3 is 23.5 Å². The molecule has 0 unspecified atom stereocenters. The first kappa shape index (κ1) is 21.0. The number of benzene rings is 1. The fourth-order valence-corrected chi connectivity index (χ4v) is 3.37. The Morgan fingerprint density at radius 3 is 2.77 bits per heavy atom. The molecule has 0 spiro atoms. The Bertz CT molecular complexity index is 1000. The fraction of sp³-hybridized carbons (Fsp3) is 0.455. The number of imidazole rings is 1. The lowest BCUT2D eigenvalue weighted by atomic mass is 10.1. The molecule has 3 aromatic rings. The Labute approximate surface area is 181 Å². The van der Waals surface area contributed by atoms with Crippen molar-refractivity contribution in [2.75, 3.05) is 13.1 Å². The van der Waals surface area contributed by atoms with Gasteiger partial charge in [-0.1, -0.05) is 11.2 Å². The van der Waals surface area contributed by atoms with Gasteiger partial charge in [-0.25, -0.2) is 9.78 Å². The zero-order chi connectivity index (χ0) is 21.8. The topological polar surface area (TPSA) is 95.5 Å². The van der Waals surface area contributed by atoms with Gasteiger partial charge in [-0.05, 0) is 51.8 Å². The molecule has 0 bridgehead atoms. The number of ether oxygens (including phenoxy) is 2. The van der Waals surface area contributed by atoms with Crippen LogP contribution >= 0.6 is 0 Å². The Morgan fingerprint density at radius 2 is 2.06 bits per heavy atom. The van der Waals surface area contributed by atoms with Crippen molar-refractivity contribution in [2.24, 2.45) is 0 Å². The molecule has 0 atom stereocenters. The molecule has 1 aromatic carbocycles. The smallest absolute Gasteiger partial charge is 0.410 e. The van der Waals surface area contributed by atoms with Gasteiger partial charge in [0.15, 0.2) is 5.82 Å². The molecular formula is C22H27N5O4.